The molecule has 3 rings (SSSR count). The number of nitrogens with one attached hydrogen (secondary N) is 1. The molecule has 5 heteroatoms. The molecular weight excluding hydrogens is 347 g/mol. The fourth-order valence-electron chi connectivity index (χ4n) is 3.75. The molecular formula is C21H27FN2OS. The van der Waals surface area contributed by atoms with Crippen molar-refractivity contribution in [2.75, 3.05) is 0 Å². The van der Waals surface area contributed by atoms with Gasteiger partial charge in [0.1, 0.15) is 5.82 Å². The summed E-state index contributed by atoms with van der Waals surface area (Å²) in [6.07, 6.45) is 8.27. The van der Waals surface area contributed by atoms with Crippen LogP contribution in [-0.4, -0.2) is 16.9 Å². The fourth-order valence-corrected chi connectivity index (χ4v) is 4.58. The van der Waals surface area contributed by atoms with Gasteiger partial charge in [-0.1, -0.05) is 38.3 Å². The van der Waals surface area contributed by atoms with E-state index in [4.69, 9.17) is 0 Å². The zero-order chi connectivity index (χ0) is 18.4. The maximum absolute atomic E-state index is 13.0. The summed E-state index contributed by atoms with van der Waals surface area (Å²) < 4.78 is 13.0. The Kier molecular flexibility index (Phi) is 6.78. The van der Waals surface area contributed by atoms with Crippen molar-refractivity contribution in [3.8, 4) is 0 Å². The quantitative estimate of drug-likeness (QED) is 0.715. The molecule has 26 heavy (non-hydrogen) atoms. The van der Waals surface area contributed by atoms with Gasteiger partial charge >= 0.3 is 0 Å². The number of aromatic nitrogens is 1. The van der Waals surface area contributed by atoms with Gasteiger partial charge in [-0.3, -0.25) is 4.79 Å². The van der Waals surface area contributed by atoms with Gasteiger partial charge in [0, 0.05) is 17.8 Å². The highest BCUT2D eigenvalue weighted by molar-refractivity contribution is 7.09. The highest BCUT2D eigenvalue weighted by Crippen LogP contribution is 2.30. The molecule has 1 N–H and O–H groups in total. The summed E-state index contributed by atoms with van der Waals surface area (Å²) >= 11 is 1.56. The van der Waals surface area contributed by atoms with E-state index in [2.05, 4.69) is 17.2 Å². The van der Waals surface area contributed by atoms with Gasteiger partial charge in [0.05, 0.1) is 17.1 Å². The van der Waals surface area contributed by atoms with E-state index in [9.17, 15) is 9.18 Å². The molecule has 3 nitrogen and oxygen atoms in total. The van der Waals surface area contributed by atoms with Gasteiger partial charge in [-0.15, -0.1) is 11.3 Å². The van der Waals surface area contributed by atoms with Crippen molar-refractivity contribution < 1.29 is 9.18 Å². The zero-order valence-corrected chi connectivity index (χ0v) is 16.2. The molecule has 1 fully saturated rings. The fraction of sp³-hybridized carbons (Fsp3) is 0.524. The highest BCUT2D eigenvalue weighted by Gasteiger charge is 2.27. The second-order valence-corrected chi connectivity index (χ2v) is 8.16. The van der Waals surface area contributed by atoms with Crippen molar-refractivity contribution in [3.05, 3.63) is 51.7 Å². The van der Waals surface area contributed by atoms with Gasteiger partial charge in [0.2, 0.25) is 5.91 Å². The lowest BCUT2D eigenvalue weighted by Crippen LogP contribution is -2.38. The van der Waals surface area contributed by atoms with Crippen LogP contribution in [0.25, 0.3) is 0 Å². The lowest BCUT2D eigenvalue weighted by atomic mass is 9.96. The van der Waals surface area contributed by atoms with Gasteiger partial charge in [-0.25, -0.2) is 9.37 Å². The molecule has 140 valence electrons. The Morgan fingerprint density at radius 1 is 1.31 bits per heavy atom. The van der Waals surface area contributed by atoms with E-state index in [0.29, 0.717) is 24.8 Å². The van der Waals surface area contributed by atoms with Crippen LogP contribution in [0.5, 0.6) is 0 Å². The predicted molar refractivity (Wildman–Crippen MR) is 104 cm³/mol. The lowest BCUT2D eigenvalue weighted by molar-refractivity contribution is -0.121. The Hall–Kier alpha value is -1.75. The summed E-state index contributed by atoms with van der Waals surface area (Å²) in [7, 11) is 0. The number of hydrogen-bond acceptors (Lipinski definition) is 3. The zero-order valence-electron chi connectivity index (χ0n) is 15.3. The van der Waals surface area contributed by atoms with Gasteiger partial charge in [-0.05, 0) is 42.9 Å². The minimum atomic E-state index is -0.227. The summed E-state index contributed by atoms with van der Waals surface area (Å²) in [5.41, 5.74) is 1.86. The Morgan fingerprint density at radius 3 is 2.88 bits per heavy atom. The third-order valence-electron chi connectivity index (χ3n) is 5.14. The van der Waals surface area contributed by atoms with E-state index < -0.39 is 0 Å². The van der Waals surface area contributed by atoms with Crippen LogP contribution in [0.2, 0.25) is 0 Å². The molecule has 1 heterocycles. The maximum atomic E-state index is 13.0. The van der Waals surface area contributed by atoms with Crippen molar-refractivity contribution in [2.24, 2.45) is 5.92 Å². The van der Waals surface area contributed by atoms with Crippen LogP contribution in [0.4, 0.5) is 4.39 Å². The molecule has 1 aromatic heterocycles. The molecule has 0 radical (unpaired) electrons. The molecule has 1 saturated carbocycles. The molecule has 2 aromatic rings. The Bertz CT molecular complexity index is 713. The summed E-state index contributed by atoms with van der Waals surface area (Å²) in [5, 5.41) is 6.15. The van der Waals surface area contributed by atoms with Crippen LogP contribution < -0.4 is 5.32 Å². The largest absolute Gasteiger partial charge is 0.353 e. The minimum absolute atomic E-state index is 0.0806. The van der Waals surface area contributed by atoms with E-state index in [0.717, 1.165) is 22.7 Å². The number of rotatable bonds is 8. The standard InChI is InChI=1S/C21H27FN2OS/c1-2-3-5-16-6-4-7-19(16)24-20(25)13-18-14-26-21(23-18)12-15-8-10-17(22)11-9-15/h8-11,14,16,19H,2-7,12-13H2,1H3,(H,24,25). The van der Waals surface area contributed by atoms with Crippen molar-refractivity contribution >= 4 is 17.2 Å². The van der Waals surface area contributed by atoms with Crippen molar-refractivity contribution in [3.63, 3.8) is 0 Å². The van der Waals surface area contributed by atoms with Gasteiger partial charge in [0.25, 0.3) is 0 Å². The first-order valence-corrected chi connectivity index (χ1v) is 10.5. The van der Waals surface area contributed by atoms with E-state index in [-0.39, 0.29) is 11.7 Å². The molecule has 0 spiro atoms. The first-order valence-electron chi connectivity index (χ1n) is 9.61. The molecule has 1 aliphatic rings. The van der Waals surface area contributed by atoms with Crippen LogP contribution in [0.1, 0.15) is 61.7 Å². The monoisotopic (exact) mass is 374 g/mol. The summed E-state index contributed by atoms with van der Waals surface area (Å²) in [6, 6.07) is 6.83. The molecule has 2 unspecified atom stereocenters. The average Bonchev–Trinajstić information content (AvgIpc) is 3.24. The number of thiazole rings is 1. The van der Waals surface area contributed by atoms with Gasteiger partial charge < -0.3 is 5.32 Å². The number of unbranched alkanes of at least 4 members (excludes halogenated alkanes) is 1. The number of carbonyl (C=O) groups excluding carboxylic acids is 1. The smallest absolute Gasteiger partial charge is 0.226 e. The maximum Gasteiger partial charge on any atom is 0.226 e. The van der Waals surface area contributed by atoms with Crippen LogP contribution in [0.3, 0.4) is 0 Å². The van der Waals surface area contributed by atoms with Crippen LogP contribution in [-0.2, 0) is 17.6 Å². The number of nitrogens with zero attached hydrogens (tertiary/aromatic N) is 1. The molecule has 1 aromatic carbocycles. The molecule has 0 bridgehead atoms. The van der Waals surface area contributed by atoms with E-state index in [1.807, 2.05) is 5.38 Å². The summed E-state index contributed by atoms with van der Waals surface area (Å²) in [4.78, 5) is 17.0. The highest BCUT2D eigenvalue weighted by atomic mass is 32.1. The third-order valence-corrected chi connectivity index (χ3v) is 6.04. The normalized spacial score (nSPS) is 19.6. The van der Waals surface area contributed by atoms with Crippen LogP contribution in [0.15, 0.2) is 29.6 Å². The topological polar surface area (TPSA) is 42.0 Å². The lowest BCUT2D eigenvalue weighted by Gasteiger charge is -2.20. The van der Waals surface area contributed by atoms with Crippen molar-refractivity contribution in [1.29, 1.82) is 0 Å². The second kappa shape index (κ2) is 9.26. The van der Waals surface area contributed by atoms with Crippen LogP contribution >= 0.6 is 11.3 Å². The minimum Gasteiger partial charge on any atom is -0.353 e. The summed E-state index contributed by atoms with van der Waals surface area (Å²) in [6.45, 7) is 2.22. The average molecular weight is 375 g/mol. The number of benzene rings is 1. The number of carbonyl (C=O) groups is 1. The first kappa shape index (κ1) is 19.0. The Morgan fingerprint density at radius 2 is 2.12 bits per heavy atom. The van der Waals surface area contributed by atoms with E-state index >= 15 is 0 Å². The molecule has 1 aliphatic carbocycles. The third kappa shape index (κ3) is 5.37. The Labute approximate surface area is 159 Å². The summed E-state index contributed by atoms with van der Waals surface area (Å²) in [5.74, 6) is 0.495. The number of halogens is 1. The number of hydrogen-bond donors (Lipinski definition) is 1. The van der Waals surface area contributed by atoms with Gasteiger partial charge in [0.15, 0.2) is 0 Å². The molecule has 0 saturated heterocycles. The number of amides is 1. The van der Waals surface area contributed by atoms with E-state index in [1.165, 1.54) is 44.2 Å². The molecule has 1 amide bonds. The van der Waals surface area contributed by atoms with E-state index in [1.54, 1.807) is 23.5 Å². The van der Waals surface area contributed by atoms with Crippen molar-refractivity contribution in [1.82, 2.24) is 10.3 Å². The molecule has 2 atom stereocenters. The van der Waals surface area contributed by atoms with Crippen molar-refractivity contribution in [2.45, 2.75) is 64.3 Å². The predicted octanol–water partition coefficient (Wildman–Crippen LogP) is 4.89. The second-order valence-electron chi connectivity index (χ2n) is 7.22. The van der Waals surface area contributed by atoms with Gasteiger partial charge in [-0.2, -0.15) is 0 Å². The first-order chi connectivity index (χ1) is 12.6. The molecule has 0 aliphatic heterocycles. The Balaban J connectivity index is 1.50. The SMILES string of the molecule is CCCCC1CCCC1NC(=O)Cc1csc(Cc2ccc(F)cc2)n1. The van der Waals surface area contributed by atoms with Crippen LogP contribution in [0, 0.1) is 11.7 Å².